The molecule has 0 saturated heterocycles. The first-order valence-corrected chi connectivity index (χ1v) is 5.38. The lowest BCUT2D eigenvalue weighted by molar-refractivity contribution is -0.123. The van der Waals surface area contributed by atoms with E-state index < -0.39 is 4.32 Å². The zero-order chi connectivity index (χ0) is 9.23. The number of alkyl halides is 2. The number of carbonyl (C=O) groups is 1. The highest BCUT2D eigenvalue weighted by atomic mass is 79.9. The van der Waals surface area contributed by atoms with Gasteiger partial charge in [0.05, 0.1) is 4.32 Å². The molecule has 11 heavy (non-hydrogen) atoms. The van der Waals surface area contributed by atoms with E-state index in [0.717, 1.165) is 0 Å². The van der Waals surface area contributed by atoms with Gasteiger partial charge in [0.1, 0.15) is 0 Å². The fraction of sp³-hybridized carbons (Fsp3) is 0.875. The fourth-order valence-corrected chi connectivity index (χ4v) is 1.44. The van der Waals surface area contributed by atoms with Crippen molar-refractivity contribution in [2.45, 2.75) is 36.8 Å². The number of carbonyl (C=O) groups excluding carboxylic acids is 1. The summed E-state index contributed by atoms with van der Waals surface area (Å²) >= 11 is 6.81. The molecule has 0 unspecified atom stereocenters. The molecule has 0 N–H and O–H groups in total. The average Bonchev–Trinajstić information content (AvgIpc) is 1.85. The molecule has 0 bridgehead atoms. The summed E-state index contributed by atoms with van der Waals surface area (Å²) in [5, 5.41) is 0. The Balaban J connectivity index is 4.43. The van der Waals surface area contributed by atoms with Crippen molar-refractivity contribution in [2.24, 2.45) is 5.92 Å². The van der Waals surface area contributed by atoms with Crippen molar-refractivity contribution in [3.8, 4) is 0 Å². The molecule has 0 aromatic heterocycles. The van der Waals surface area contributed by atoms with E-state index in [0.29, 0.717) is 0 Å². The van der Waals surface area contributed by atoms with E-state index in [1.165, 1.54) is 0 Å². The van der Waals surface area contributed by atoms with E-state index in [4.69, 9.17) is 0 Å². The molecule has 66 valence electrons. The highest BCUT2D eigenvalue weighted by molar-refractivity contribution is 9.12. The largest absolute Gasteiger partial charge is 0.298 e. The lowest BCUT2D eigenvalue weighted by atomic mass is 9.95. The molecule has 0 aliphatic heterocycles. The number of halogens is 2. The van der Waals surface area contributed by atoms with Gasteiger partial charge in [-0.1, -0.05) is 52.6 Å². The third kappa shape index (κ3) is 2.86. The molecule has 0 rings (SSSR count). The Hall–Kier alpha value is 0.630. The Labute approximate surface area is 85.2 Å². The molecule has 0 spiro atoms. The molecule has 0 aromatic carbocycles. The second kappa shape index (κ2) is 4.04. The summed E-state index contributed by atoms with van der Waals surface area (Å²) in [6.45, 7) is 7.69. The van der Waals surface area contributed by atoms with Gasteiger partial charge in [-0.3, -0.25) is 4.79 Å². The fourth-order valence-electron chi connectivity index (χ4n) is 0.760. The smallest absolute Gasteiger partial charge is 0.152 e. The molecule has 2 atom stereocenters. The minimum absolute atomic E-state index is 0.0828. The normalized spacial score (nSPS) is 19.5. The van der Waals surface area contributed by atoms with Crippen LogP contribution in [-0.4, -0.2) is 14.9 Å². The van der Waals surface area contributed by atoms with Gasteiger partial charge in [0.15, 0.2) is 5.78 Å². The topological polar surface area (TPSA) is 17.1 Å². The lowest BCUT2D eigenvalue weighted by Crippen LogP contribution is -2.38. The van der Waals surface area contributed by atoms with Crippen LogP contribution in [0.15, 0.2) is 0 Å². The van der Waals surface area contributed by atoms with Gasteiger partial charge < -0.3 is 0 Å². The predicted molar refractivity (Wildman–Crippen MR) is 55.6 cm³/mol. The van der Waals surface area contributed by atoms with Crippen LogP contribution in [0.2, 0.25) is 0 Å². The molecule has 0 saturated carbocycles. The molecule has 1 nitrogen and oxygen atoms in total. The van der Waals surface area contributed by atoms with Crippen molar-refractivity contribution in [1.82, 2.24) is 0 Å². The average molecular weight is 286 g/mol. The SMILES string of the molecule is CC(C)C(=O)[C@@](C)(Br)[C@H](C)Br. The van der Waals surface area contributed by atoms with Gasteiger partial charge in [-0.25, -0.2) is 0 Å². The van der Waals surface area contributed by atoms with Gasteiger partial charge in [-0.15, -0.1) is 0 Å². The summed E-state index contributed by atoms with van der Waals surface area (Å²) in [6.07, 6.45) is 0. The maximum Gasteiger partial charge on any atom is 0.152 e. The van der Waals surface area contributed by atoms with Crippen molar-refractivity contribution in [1.29, 1.82) is 0 Å². The molecular weight excluding hydrogens is 272 g/mol. The Bertz CT molecular complexity index is 150. The highest BCUT2D eigenvalue weighted by Crippen LogP contribution is 2.30. The summed E-state index contributed by atoms with van der Waals surface area (Å²) in [5.41, 5.74) is 0. The van der Waals surface area contributed by atoms with Crippen molar-refractivity contribution in [3.05, 3.63) is 0 Å². The Kier molecular flexibility index (Phi) is 4.27. The van der Waals surface area contributed by atoms with Gasteiger partial charge in [0.2, 0.25) is 0 Å². The first-order valence-electron chi connectivity index (χ1n) is 3.67. The van der Waals surface area contributed by atoms with Crippen LogP contribution < -0.4 is 0 Å². The molecule has 0 fully saturated rings. The maximum atomic E-state index is 11.5. The molecule has 3 heteroatoms. The van der Waals surface area contributed by atoms with Crippen LogP contribution in [0.4, 0.5) is 0 Å². The van der Waals surface area contributed by atoms with Gasteiger partial charge in [-0.05, 0) is 6.92 Å². The van der Waals surface area contributed by atoms with Crippen LogP contribution in [0, 0.1) is 5.92 Å². The quantitative estimate of drug-likeness (QED) is 0.728. The Morgan fingerprint density at radius 2 is 1.73 bits per heavy atom. The number of hydrogen-bond donors (Lipinski definition) is 0. The summed E-state index contributed by atoms with van der Waals surface area (Å²) in [4.78, 5) is 11.7. The summed E-state index contributed by atoms with van der Waals surface area (Å²) in [6, 6.07) is 0. The minimum Gasteiger partial charge on any atom is -0.298 e. The Morgan fingerprint density at radius 3 is 1.82 bits per heavy atom. The van der Waals surface area contributed by atoms with Gasteiger partial charge in [0, 0.05) is 10.7 Å². The van der Waals surface area contributed by atoms with Gasteiger partial charge in [-0.2, -0.15) is 0 Å². The lowest BCUT2D eigenvalue weighted by Gasteiger charge is -2.25. The summed E-state index contributed by atoms with van der Waals surface area (Å²) in [5.74, 6) is 0.321. The zero-order valence-electron chi connectivity index (χ0n) is 7.32. The van der Waals surface area contributed by atoms with Crippen LogP contribution in [0.1, 0.15) is 27.7 Å². The molecule has 0 heterocycles. The van der Waals surface area contributed by atoms with E-state index in [9.17, 15) is 4.79 Å². The third-order valence-electron chi connectivity index (χ3n) is 1.75. The van der Waals surface area contributed by atoms with E-state index >= 15 is 0 Å². The minimum atomic E-state index is -0.429. The van der Waals surface area contributed by atoms with Crippen LogP contribution in [0.25, 0.3) is 0 Å². The first kappa shape index (κ1) is 11.6. The molecule has 0 aliphatic carbocycles. The zero-order valence-corrected chi connectivity index (χ0v) is 10.5. The monoisotopic (exact) mass is 284 g/mol. The predicted octanol–water partition coefficient (Wildman–Crippen LogP) is 3.15. The van der Waals surface area contributed by atoms with E-state index in [-0.39, 0.29) is 16.5 Å². The van der Waals surface area contributed by atoms with Crippen molar-refractivity contribution in [3.63, 3.8) is 0 Å². The second-order valence-corrected chi connectivity index (χ2v) is 6.23. The number of Topliss-reactive ketones (excluding diaryl/α,β-unsaturated/α-hetero) is 1. The van der Waals surface area contributed by atoms with Crippen LogP contribution >= 0.6 is 31.9 Å². The maximum absolute atomic E-state index is 11.5. The summed E-state index contributed by atoms with van der Waals surface area (Å²) in [7, 11) is 0. The number of rotatable bonds is 3. The second-order valence-electron chi connectivity index (χ2n) is 3.21. The van der Waals surface area contributed by atoms with Crippen LogP contribution in [0.5, 0.6) is 0 Å². The molecule has 0 radical (unpaired) electrons. The van der Waals surface area contributed by atoms with Crippen molar-refractivity contribution < 1.29 is 4.79 Å². The van der Waals surface area contributed by atoms with Crippen LogP contribution in [0.3, 0.4) is 0 Å². The Morgan fingerprint density at radius 1 is 1.36 bits per heavy atom. The van der Waals surface area contributed by atoms with E-state index in [1.807, 2.05) is 27.7 Å². The van der Waals surface area contributed by atoms with Crippen molar-refractivity contribution >= 4 is 37.6 Å². The van der Waals surface area contributed by atoms with Crippen LogP contribution in [-0.2, 0) is 4.79 Å². The van der Waals surface area contributed by atoms with E-state index in [1.54, 1.807) is 0 Å². The number of hydrogen-bond acceptors (Lipinski definition) is 1. The molecule has 0 aromatic rings. The van der Waals surface area contributed by atoms with E-state index in [2.05, 4.69) is 31.9 Å². The highest BCUT2D eigenvalue weighted by Gasteiger charge is 2.35. The molecule has 0 amide bonds. The first-order chi connectivity index (χ1) is 4.80. The third-order valence-corrected chi connectivity index (χ3v) is 4.36. The molecule has 0 aliphatic rings. The number of ketones is 1. The standard InChI is InChI=1S/C8H14Br2O/c1-5(2)7(11)8(4,10)6(3)9/h5-6H,1-4H3/t6-,8-/m0/s1. The molecular formula is C8H14Br2O. The van der Waals surface area contributed by atoms with Crippen molar-refractivity contribution in [2.75, 3.05) is 0 Å². The van der Waals surface area contributed by atoms with Gasteiger partial charge >= 0.3 is 0 Å². The summed E-state index contributed by atoms with van der Waals surface area (Å²) < 4.78 is -0.429. The van der Waals surface area contributed by atoms with Gasteiger partial charge in [0.25, 0.3) is 0 Å².